The van der Waals surface area contributed by atoms with Crippen molar-refractivity contribution in [3.63, 3.8) is 0 Å². The molecule has 1 N–H and O–H groups in total. The molecular weight excluding hydrogens is 510 g/mol. The van der Waals surface area contributed by atoms with E-state index in [1.54, 1.807) is 65.3 Å². The Morgan fingerprint density at radius 2 is 2.00 bits per heavy atom. The number of sulfonamides is 1. The van der Waals surface area contributed by atoms with Crippen LogP contribution in [0.5, 0.6) is 0 Å². The fraction of sp³-hybridized carbons (Fsp3) is 0.520. The van der Waals surface area contributed by atoms with E-state index in [0.717, 1.165) is 5.69 Å². The summed E-state index contributed by atoms with van der Waals surface area (Å²) in [6.45, 7) is 5.61. The molecule has 12 nitrogen and oxygen atoms in total. The average Bonchev–Trinajstić information content (AvgIpc) is 3.60. The lowest BCUT2D eigenvalue weighted by atomic mass is 10.0. The summed E-state index contributed by atoms with van der Waals surface area (Å²) < 4.78 is 43.0. The summed E-state index contributed by atoms with van der Waals surface area (Å²) in [6, 6.07) is 8.35. The van der Waals surface area contributed by atoms with E-state index in [0.29, 0.717) is 31.6 Å². The van der Waals surface area contributed by atoms with E-state index in [9.17, 15) is 13.2 Å². The molecule has 0 fully saturated rings. The van der Waals surface area contributed by atoms with Crippen LogP contribution in [-0.4, -0.2) is 82.4 Å². The monoisotopic (exact) mass is 545 g/mol. The maximum atomic E-state index is 13.4. The lowest BCUT2D eigenvalue weighted by Crippen LogP contribution is -2.43. The third-order valence-corrected chi connectivity index (χ3v) is 8.31. The molecule has 206 valence electrons. The Morgan fingerprint density at radius 3 is 2.74 bits per heavy atom. The number of rotatable bonds is 5. The van der Waals surface area contributed by atoms with Gasteiger partial charge in [0.25, 0.3) is 0 Å². The largest absolute Gasteiger partial charge is 0.464 e. The highest BCUT2D eigenvalue weighted by Gasteiger charge is 2.28. The summed E-state index contributed by atoms with van der Waals surface area (Å²) in [6.07, 6.45) is 5.71. The van der Waals surface area contributed by atoms with Gasteiger partial charge < -0.3 is 14.8 Å². The maximum Gasteiger partial charge on any atom is 0.305 e. The Bertz CT molecular complexity index is 1280. The molecule has 0 radical (unpaired) electrons. The van der Waals surface area contributed by atoms with Crippen molar-refractivity contribution in [2.45, 2.75) is 56.9 Å². The standard InChI is InChI=1S/C25H35N7O5S/c1-19-14-26-20(2)17-37-25(33)6-4-12-31-15-21(28-29-31)18-36-24(19)16-30(3)38(34,35)23-9-7-22(8-10-23)32-13-5-11-27-32/h5,7-11,13,15,19-20,24,26H,4,6,12,14,16-18H2,1-3H3/t19-,20-,24-/m0/s1. The SMILES string of the molecule is C[C@H]1COC(=O)CCCn2cc(nn2)CO[C@@H](CN(C)S(=O)(=O)c2ccc(-n3cccn3)cc2)[C@@H](C)CN1. The molecular formula is C25H35N7O5S. The predicted octanol–water partition coefficient (Wildman–Crippen LogP) is 1.62. The van der Waals surface area contributed by atoms with Crippen LogP contribution in [0.2, 0.25) is 0 Å². The molecule has 3 heterocycles. The van der Waals surface area contributed by atoms with Crippen molar-refractivity contribution in [2.24, 2.45) is 5.92 Å². The van der Waals surface area contributed by atoms with Crippen LogP contribution in [0.1, 0.15) is 32.4 Å². The lowest BCUT2D eigenvalue weighted by molar-refractivity contribution is -0.144. The first-order valence-electron chi connectivity index (χ1n) is 12.7. The quantitative estimate of drug-likeness (QED) is 0.475. The summed E-state index contributed by atoms with van der Waals surface area (Å²) in [5.74, 6) is -0.305. The second kappa shape index (κ2) is 12.6. The number of likely N-dealkylation sites (N-methyl/N-ethyl adjacent to an activating group) is 1. The van der Waals surface area contributed by atoms with E-state index in [2.05, 4.69) is 20.7 Å². The lowest BCUT2D eigenvalue weighted by Gasteiger charge is -2.29. The van der Waals surface area contributed by atoms with Gasteiger partial charge in [0.2, 0.25) is 10.0 Å². The van der Waals surface area contributed by atoms with Gasteiger partial charge in [0.15, 0.2) is 0 Å². The zero-order chi connectivity index (χ0) is 27.1. The van der Waals surface area contributed by atoms with Gasteiger partial charge in [-0.3, -0.25) is 9.48 Å². The molecule has 1 aliphatic heterocycles. The third-order valence-electron chi connectivity index (χ3n) is 6.47. The number of hydrogen-bond donors (Lipinski definition) is 1. The summed E-state index contributed by atoms with van der Waals surface area (Å²) in [4.78, 5) is 12.2. The number of ether oxygens (including phenoxy) is 2. The van der Waals surface area contributed by atoms with Gasteiger partial charge in [-0.2, -0.15) is 9.40 Å². The molecule has 1 aliphatic rings. The predicted molar refractivity (Wildman–Crippen MR) is 139 cm³/mol. The van der Waals surface area contributed by atoms with Gasteiger partial charge in [-0.05, 0) is 49.6 Å². The van der Waals surface area contributed by atoms with Crippen molar-refractivity contribution in [1.82, 2.24) is 34.4 Å². The van der Waals surface area contributed by atoms with Crippen molar-refractivity contribution in [2.75, 3.05) is 26.7 Å². The molecule has 2 aromatic heterocycles. The maximum absolute atomic E-state index is 13.4. The van der Waals surface area contributed by atoms with Crippen LogP contribution in [-0.2, 0) is 37.4 Å². The van der Waals surface area contributed by atoms with Crippen molar-refractivity contribution in [3.05, 3.63) is 54.6 Å². The molecule has 0 saturated carbocycles. The number of hydrogen-bond acceptors (Lipinski definition) is 9. The third kappa shape index (κ3) is 7.25. The topological polar surface area (TPSA) is 133 Å². The van der Waals surface area contributed by atoms with Crippen LogP contribution < -0.4 is 5.32 Å². The number of esters is 1. The number of benzene rings is 1. The minimum atomic E-state index is -3.76. The first-order valence-corrected chi connectivity index (χ1v) is 14.1. The Hall–Kier alpha value is -3.13. The highest BCUT2D eigenvalue weighted by atomic mass is 32.2. The molecule has 0 aliphatic carbocycles. The molecule has 0 saturated heterocycles. The molecule has 13 heteroatoms. The van der Waals surface area contributed by atoms with Gasteiger partial charge in [0.05, 0.1) is 29.5 Å². The van der Waals surface area contributed by atoms with E-state index in [1.807, 2.05) is 13.8 Å². The van der Waals surface area contributed by atoms with Gasteiger partial charge >= 0.3 is 5.97 Å². The zero-order valence-electron chi connectivity index (χ0n) is 21.9. The summed E-state index contributed by atoms with van der Waals surface area (Å²) in [7, 11) is -2.21. The van der Waals surface area contributed by atoms with E-state index >= 15 is 0 Å². The summed E-state index contributed by atoms with van der Waals surface area (Å²) in [5.41, 5.74) is 1.41. The number of nitrogens with zero attached hydrogens (tertiary/aromatic N) is 6. The van der Waals surface area contributed by atoms with E-state index in [-0.39, 0.29) is 42.6 Å². The molecule has 1 aromatic carbocycles. The van der Waals surface area contributed by atoms with E-state index in [4.69, 9.17) is 9.47 Å². The molecule has 0 spiro atoms. The van der Waals surface area contributed by atoms with Gasteiger partial charge in [-0.25, -0.2) is 13.1 Å². The molecule has 2 bridgehead atoms. The number of nitrogens with one attached hydrogen (secondary N) is 1. The molecule has 3 atom stereocenters. The fourth-order valence-corrected chi connectivity index (χ4v) is 5.26. The Labute approximate surface area is 223 Å². The zero-order valence-corrected chi connectivity index (χ0v) is 22.7. The number of aromatic nitrogens is 5. The van der Waals surface area contributed by atoms with Crippen molar-refractivity contribution in [1.29, 1.82) is 0 Å². The van der Waals surface area contributed by atoms with Gasteiger partial charge in [-0.15, -0.1) is 5.10 Å². The number of cyclic esters (lactones) is 1. The fourth-order valence-electron chi connectivity index (χ4n) is 4.08. The van der Waals surface area contributed by atoms with Crippen LogP contribution in [0, 0.1) is 5.92 Å². The summed E-state index contributed by atoms with van der Waals surface area (Å²) >= 11 is 0. The molecule has 3 aromatic rings. The second-order valence-electron chi connectivity index (χ2n) is 9.63. The average molecular weight is 546 g/mol. The highest BCUT2D eigenvalue weighted by Crippen LogP contribution is 2.20. The number of carbonyl (C=O) groups is 1. The molecule has 4 rings (SSSR count). The summed E-state index contributed by atoms with van der Waals surface area (Å²) in [5, 5.41) is 15.8. The van der Waals surface area contributed by atoms with E-state index in [1.165, 1.54) is 4.31 Å². The minimum Gasteiger partial charge on any atom is -0.464 e. The van der Waals surface area contributed by atoms with Gasteiger partial charge in [-0.1, -0.05) is 12.1 Å². The molecule has 0 amide bonds. The van der Waals surface area contributed by atoms with Gasteiger partial charge in [0, 0.05) is 51.5 Å². The Morgan fingerprint density at radius 1 is 1.21 bits per heavy atom. The van der Waals surface area contributed by atoms with Crippen molar-refractivity contribution >= 4 is 16.0 Å². The number of fused-ring (bicyclic) bond motifs is 2. The Balaban J connectivity index is 1.47. The smallest absolute Gasteiger partial charge is 0.305 e. The molecule has 0 unspecified atom stereocenters. The van der Waals surface area contributed by atoms with Crippen LogP contribution >= 0.6 is 0 Å². The number of carbonyl (C=O) groups excluding carboxylic acids is 1. The van der Waals surface area contributed by atoms with Crippen molar-refractivity contribution < 1.29 is 22.7 Å². The van der Waals surface area contributed by atoms with Crippen LogP contribution in [0.4, 0.5) is 0 Å². The number of aryl methyl sites for hydroxylation is 1. The second-order valence-corrected chi connectivity index (χ2v) is 11.7. The molecule has 38 heavy (non-hydrogen) atoms. The van der Waals surface area contributed by atoms with E-state index < -0.39 is 16.1 Å². The normalized spacial score (nSPS) is 22.3. The van der Waals surface area contributed by atoms with Gasteiger partial charge in [0.1, 0.15) is 12.3 Å². The van der Waals surface area contributed by atoms with Crippen LogP contribution in [0.25, 0.3) is 5.69 Å². The first-order chi connectivity index (χ1) is 18.2. The Kier molecular flexibility index (Phi) is 9.26. The van der Waals surface area contributed by atoms with Crippen molar-refractivity contribution in [3.8, 4) is 5.69 Å². The first kappa shape index (κ1) is 27.9. The minimum absolute atomic E-state index is 0.0580. The highest BCUT2D eigenvalue weighted by molar-refractivity contribution is 7.89. The van der Waals surface area contributed by atoms with Crippen LogP contribution in [0.3, 0.4) is 0 Å². The van der Waals surface area contributed by atoms with Crippen LogP contribution in [0.15, 0.2) is 53.8 Å².